The Balaban J connectivity index is 0. The molecule has 0 aliphatic rings. The molecule has 0 fully saturated rings. The molecule has 0 radical (unpaired) electrons. The fraction of sp³-hybridized carbons (Fsp3) is 0.889. The second kappa shape index (κ2) is 11.7. The van der Waals surface area contributed by atoms with Gasteiger partial charge < -0.3 is 15.6 Å². The summed E-state index contributed by atoms with van der Waals surface area (Å²) < 4.78 is 5.37. The number of nitrogens with two attached hydrogens (primary N) is 1. The van der Waals surface area contributed by atoms with Crippen LogP contribution in [0, 0.1) is 5.41 Å². The molecule has 3 N–H and O–H groups in total. The molecule has 0 aromatic carbocycles. The maximum absolute atomic E-state index is 12.2. The topological polar surface area (TPSA) is 92.9 Å². The predicted molar refractivity (Wildman–Crippen MR) is 103 cm³/mol. The van der Waals surface area contributed by atoms with Gasteiger partial charge in [0, 0.05) is 0 Å². The molecule has 0 saturated carbocycles. The van der Waals surface area contributed by atoms with Gasteiger partial charge in [0.25, 0.3) is 0 Å². The van der Waals surface area contributed by atoms with Crippen molar-refractivity contribution in [3.8, 4) is 0 Å². The lowest BCUT2D eigenvalue weighted by Gasteiger charge is -2.37. The minimum absolute atomic E-state index is 0. The Kier molecular flexibility index (Phi) is 12.4. The van der Waals surface area contributed by atoms with Crippen LogP contribution in [0.4, 0.5) is 0 Å². The quantitative estimate of drug-likeness (QED) is 0.447. The standard InChI is InChI=1S/C18H36N2O4.ClH/c1-17(2,3)15(16(22)23)20(12-10-8-7-9-11-19)13-14(21)24-18(4,5)6;/h15H,7-13,19H2,1-6H3,(H,22,23);1H. The molecule has 0 spiro atoms. The number of carbonyl (C=O) groups is 2. The number of esters is 1. The van der Waals surface area contributed by atoms with E-state index in [1.807, 2.05) is 20.8 Å². The summed E-state index contributed by atoms with van der Waals surface area (Å²) in [6.45, 7) is 12.3. The molecule has 0 heterocycles. The number of nitrogens with zero attached hydrogens (tertiary/aromatic N) is 1. The summed E-state index contributed by atoms with van der Waals surface area (Å²) in [5.74, 6) is -1.30. The van der Waals surface area contributed by atoms with Gasteiger partial charge >= 0.3 is 11.9 Å². The highest BCUT2D eigenvalue weighted by molar-refractivity contribution is 5.85. The zero-order valence-corrected chi connectivity index (χ0v) is 17.4. The van der Waals surface area contributed by atoms with Crippen LogP contribution in [0.2, 0.25) is 0 Å². The van der Waals surface area contributed by atoms with Crippen LogP contribution in [0.5, 0.6) is 0 Å². The minimum atomic E-state index is -0.909. The number of hydrogen-bond donors (Lipinski definition) is 2. The molecule has 0 rings (SSSR count). The lowest BCUT2D eigenvalue weighted by Crippen LogP contribution is -2.52. The van der Waals surface area contributed by atoms with Crippen molar-refractivity contribution in [3.63, 3.8) is 0 Å². The lowest BCUT2D eigenvalue weighted by molar-refractivity contribution is -0.160. The molecule has 0 amide bonds. The fourth-order valence-corrected chi connectivity index (χ4v) is 2.73. The van der Waals surface area contributed by atoms with Crippen LogP contribution in [0.25, 0.3) is 0 Å². The molecule has 0 saturated heterocycles. The molecule has 150 valence electrons. The molecule has 0 aromatic heterocycles. The van der Waals surface area contributed by atoms with Crippen molar-refractivity contribution in [2.24, 2.45) is 11.1 Å². The molecule has 0 aromatic rings. The smallest absolute Gasteiger partial charge is 0.321 e. The lowest BCUT2D eigenvalue weighted by atomic mass is 9.85. The van der Waals surface area contributed by atoms with Gasteiger partial charge in [-0.15, -0.1) is 12.4 Å². The number of aliphatic carboxylic acids is 1. The maximum atomic E-state index is 12.2. The second-order valence-corrected chi connectivity index (χ2v) is 8.37. The third-order valence-electron chi connectivity index (χ3n) is 3.57. The van der Waals surface area contributed by atoms with Crippen LogP contribution in [0.1, 0.15) is 67.2 Å². The van der Waals surface area contributed by atoms with Gasteiger partial charge in [-0.1, -0.05) is 33.6 Å². The Bertz CT molecular complexity index is 403. The SMILES string of the molecule is CC(C)(C)OC(=O)CN(CCCCCCN)C(C(=O)O)C(C)(C)C.Cl. The summed E-state index contributed by atoms with van der Waals surface area (Å²) in [6, 6.07) is -0.737. The van der Waals surface area contributed by atoms with Crippen LogP contribution >= 0.6 is 12.4 Å². The van der Waals surface area contributed by atoms with Gasteiger partial charge in [-0.3, -0.25) is 14.5 Å². The van der Waals surface area contributed by atoms with Crippen LogP contribution < -0.4 is 5.73 Å². The van der Waals surface area contributed by atoms with Gasteiger partial charge in [0.15, 0.2) is 0 Å². The van der Waals surface area contributed by atoms with Crippen molar-refractivity contribution in [2.45, 2.75) is 78.9 Å². The first-order chi connectivity index (χ1) is 10.9. The van der Waals surface area contributed by atoms with Gasteiger partial charge in [0.2, 0.25) is 0 Å². The molecular formula is C18H37ClN2O4. The van der Waals surface area contributed by atoms with E-state index in [0.717, 1.165) is 25.7 Å². The van der Waals surface area contributed by atoms with Gasteiger partial charge in [-0.25, -0.2) is 0 Å². The number of ether oxygens (including phenoxy) is 1. The molecular weight excluding hydrogens is 344 g/mol. The van der Waals surface area contributed by atoms with Crippen molar-refractivity contribution in [1.82, 2.24) is 4.90 Å². The highest BCUT2D eigenvalue weighted by Gasteiger charge is 2.37. The molecule has 0 bridgehead atoms. The third kappa shape index (κ3) is 12.2. The van der Waals surface area contributed by atoms with Gasteiger partial charge in [-0.05, 0) is 52.1 Å². The summed E-state index contributed by atoms with van der Waals surface area (Å²) >= 11 is 0. The largest absolute Gasteiger partial charge is 0.480 e. The van der Waals surface area contributed by atoms with Crippen LogP contribution in [0.15, 0.2) is 0 Å². The molecule has 7 heteroatoms. The first kappa shape index (κ1) is 26.4. The summed E-state index contributed by atoms with van der Waals surface area (Å²) in [5.41, 5.74) is 4.43. The highest BCUT2D eigenvalue weighted by atomic mass is 35.5. The number of halogens is 1. The number of carboxylic acids is 1. The van der Waals surface area contributed by atoms with Crippen molar-refractivity contribution in [1.29, 1.82) is 0 Å². The van der Waals surface area contributed by atoms with E-state index in [1.54, 1.807) is 25.7 Å². The molecule has 1 unspecified atom stereocenters. The van der Waals surface area contributed by atoms with E-state index < -0.39 is 23.0 Å². The Hall–Kier alpha value is -0.850. The van der Waals surface area contributed by atoms with E-state index in [1.165, 1.54) is 0 Å². The monoisotopic (exact) mass is 380 g/mol. The van der Waals surface area contributed by atoms with Crippen molar-refractivity contribution in [3.05, 3.63) is 0 Å². The Labute approximate surface area is 158 Å². The summed E-state index contributed by atoms with van der Waals surface area (Å²) in [4.78, 5) is 25.7. The number of carbonyl (C=O) groups excluding carboxylic acids is 1. The first-order valence-corrected chi connectivity index (χ1v) is 8.77. The normalized spacial score (nSPS) is 13.3. The van der Waals surface area contributed by atoms with Crippen LogP contribution in [-0.2, 0) is 14.3 Å². The zero-order chi connectivity index (χ0) is 19.0. The van der Waals surface area contributed by atoms with Gasteiger partial charge in [-0.2, -0.15) is 0 Å². The molecule has 25 heavy (non-hydrogen) atoms. The van der Waals surface area contributed by atoms with Crippen molar-refractivity contribution >= 4 is 24.3 Å². The van der Waals surface area contributed by atoms with E-state index in [0.29, 0.717) is 13.1 Å². The fourth-order valence-electron chi connectivity index (χ4n) is 2.73. The van der Waals surface area contributed by atoms with E-state index in [4.69, 9.17) is 10.5 Å². The molecule has 1 atom stereocenters. The van der Waals surface area contributed by atoms with E-state index in [-0.39, 0.29) is 24.9 Å². The number of rotatable bonds is 10. The van der Waals surface area contributed by atoms with E-state index in [2.05, 4.69) is 0 Å². The van der Waals surface area contributed by atoms with Gasteiger partial charge in [0.05, 0.1) is 6.54 Å². The number of carboxylic acid groups (broad SMARTS) is 1. The molecule has 0 aliphatic heterocycles. The molecule has 6 nitrogen and oxygen atoms in total. The average molecular weight is 381 g/mol. The minimum Gasteiger partial charge on any atom is -0.480 e. The number of hydrogen-bond acceptors (Lipinski definition) is 5. The van der Waals surface area contributed by atoms with Crippen LogP contribution in [-0.4, -0.2) is 53.2 Å². The second-order valence-electron chi connectivity index (χ2n) is 8.37. The number of unbranched alkanes of at least 4 members (excludes halogenated alkanes) is 3. The van der Waals surface area contributed by atoms with E-state index >= 15 is 0 Å². The Morgan fingerprint density at radius 3 is 1.96 bits per heavy atom. The summed E-state index contributed by atoms with van der Waals surface area (Å²) in [7, 11) is 0. The average Bonchev–Trinajstić information content (AvgIpc) is 2.33. The van der Waals surface area contributed by atoms with E-state index in [9.17, 15) is 14.7 Å². The van der Waals surface area contributed by atoms with Crippen molar-refractivity contribution in [2.75, 3.05) is 19.6 Å². The zero-order valence-electron chi connectivity index (χ0n) is 16.6. The van der Waals surface area contributed by atoms with Gasteiger partial charge in [0.1, 0.15) is 11.6 Å². The predicted octanol–water partition coefficient (Wildman–Crippen LogP) is 3.07. The molecule has 0 aliphatic carbocycles. The Morgan fingerprint density at radius 2 is 1.56 bits per heavy atom. The highest BCUT2D eigenvalue weighted by Crippen LogP contribution is 2.25. The Morgan fingerprint density at radius 1 is 1.04 bits per heavy atom. The maximum Gasteiger partial charge on any atom is 0.321 e. The van der Waals surface area contributed by atoms with Crippen molar-refractivity contribution < 1.29 is 19.4 Å². The summed E-state index contributed by atoms with van der Waals surface area (Å²) in [6.07, 6.45) is 3.79. The third-order valence-corrected chi connectivity index (χ3v) is 3.57. The van der Waals surface area contributed by atoms with Crippen LogP contribution in [0.3, 0.4) is 0 Å². The first-order valence-electron chi connectivity index (χ1n) is 8.77. The summed E-state index contributed by atoms with van der Waals surface area (Å²) in [5, 5.41) is 9.66.